The van der Waals surface area contributed by atoms with Gasteiger partial charge < -0.3 is 15.4 Å². The molecule has 0 atom stereocenters. The Kier molecular flexibility index (Phi) is 6.45. The predicted octanol–water partition coefficient (Wildman–Crippen LogP) is 3.82. The van der Waals surface area contributed by atoms with E-state index in [0.717, 1.165) is 10.4 Å². The number of methoxy groups -OCH3 is 1. The normalized spacial score (nSPS) is 10.6. The first-order valence-corrected chi connectivity index (χ1v) is 10.8. The van der Waals surface area contributed by atoms with Crippen LogP contribution in [0.1, 0.15) is 16.2 Å². The molecule has 168 valence electrons. The second kappa shape index (κ2) is 9.61. The highest BCUT2D eigenvalue weighted by atomic mass is 32.1. The van der Waals surface area contributed by atoms with Gasteiger partial charge in [-0.1, -0.05) is 18.2 Å². The summed E-state index contributed by atoms with van der Waals surface area (Å²) in [7, 11) is 1.51. The van der Waals surface area contributed by atoms with Gasteiger partial charge >= 0.3 is 0 Å². The quantitative estimate of drug-likeness (QED) is 0.432. The van der Waals surface area contributed by atoms with Gasteiger partial charge in [-0.25, -0.2) is 14.1 Å². The van der Waals surface area contributed by atoms with E-state index in [4.69, 9.17) is 4.74 Å². The van der Waals surface area contributed by atoms with E-state index in [1.807, 2.05) is 30.5 Å². The van der Waals surface area contributed by atoms with E-state index in [-0.39, 0.29) is 12.4 Å². The summed E-state index contributed by atoms with van der Waals surface area (Å²) < 4.78 is 20.4. The Hall–Kier alpha value is -4.05. The number of amides is 2. The van der Waals surface area contributed by atoms with Crippen molar-refractivity contribution in [1.82, 2.24) is 20.1 Å². The van der Waals surface area contributed by atoms with Gasteiger partial charge in [0.05, 0.1) is 29.9 Å². The zero-order valence-electron chi connectivity index (χ0n) is 17.8. The molecule has 2 N–H and O–H groups in total. The van der Waals surface area contributed by atoms with Crippen LogP contribution in [0.2, 0.25) is 0 Å². The molecule has 0 saturated carbocycles. The van der Waals surface area contributed by atoms with Crippen LogP contribution < -0.4 is 15.4 Å². The summed E-state index contributed by atoms with van der Waals surface area (Å²) in [4.78, 5) is 30.2. The molecule has 4 rings (SSSR count). The fourth-order valence-electron chi connectivity index (χ4n) is 3.11. The summed E-state index contributed by atoms with van der Waals surface area (Å²) in [5.41, 5.74) is 1.88. The molecule has 0 unspecified atom stereocenters. The minimum Gasteiger partial charge on any atom is -0.495 e. The monoisotopic (exact) mass is 465 g/mol. The Bertz CT molecular complexity index is 1300. The number of thiophene rings is 1. The molecule has 8 nitrogen and oxygen atoms in total. The summed E-state index contributed by atoms with van der Waals surface area (Å²) in [5, 5.41) is 11.4. The summed E-state index contributed by atoms with van der Waals surface area (Å²) in [6.07, 6.45) is 0. The van der Waals surface area contributed by atoms with E-state index in [2.05, 4.69) is 20.7 Å². The second-order valence-electron chi connectivity index (χ2n) is 7.06. The molecule has 2 aromatic heterocycles. The largest absolute Gasteiger partial charge is 0.495 e. The third-order valence-corrected chi connectivity index (χ3v) is 5.51. The van der Waals surface area contributed by atoms with E-state index in [9.17, 15) is 14.0 Å². The number of carbonyl (C=O) groups is 2. The molecule has 33 heavy (non-hydrogen) atoms. The third kappa shape index (κ3) is 5.07. The Morgan fingerprint density at radius 2 is 2.00 bits per heavy atom. The van der Waals surface area contributed by atoms with Crippen molar-refractivity contribution in [3.8, 4) is 22.1 Å². The summed E-state index contributed by atoms with van der Waals surface area (Å²) >= 11 is 1.41. The van der Waals surface area contributed by atoms with Gasteiger partial charge in [0.15, 0.2) is 5.82 Å². The maximum atomic E-state index is 13.8. The van der Waals surface area contributed by atoms with Gasteiger partial charge in [0, 0.05) is 0 Å². The maximum absolute atomic E-state index is 13.8. The summed E-state index contributed by atoms with van der Waals surface area (Å²) in [5.74, 6) is -0.728. The zero-order chi connectivity index (χ0) is 23.4. The highest BCUT2D eigenvalue weighted by Crippen LogP contribution is 2.26. The number of carbonyl (C=O) groups excluding carboxylic acids is 2. The lowest BCUT2D eigenvalue weighted by atomic mass is 10.2. The van der Waals surface area contributed by atoms with Crippen LogP contribution in [0.3, 0.4) is 0 Å². The Balaban J connectivity index is 1.51. The fourth-order valence-corrected chi connectivity index (χ4v) is 3.81. The molecule has 0 aliphatic heterocycles. The van der Waals surface area contributed by atoms with E-state index in [1.165, 1.54) is 35.3 Å². The number of nitrogens with one attached hydrogen (secondary N) is 2. The predicted molar refractivity (Wildman–Crippen MR) is 123 cm³/mol. The third-order valence-electron chi connectivity index (χ3n) is 4.64. The first-order valence-electron chi connectivity index (χ1n) is 9.94. The number of halogens is 1. The Morgan fingerprint density at radius 1 is 1.15 bits per heavy atom. The molecule has 0 bridgehead atoms. The molecule has 0 saturated heterocycles. The average Bonchev–Trinajstić information content (AvgIpc) is 3.48. The van der Waals surface area contributed by atoms with Crippen LogP contribution in [0.5, 0.6) is 5.75 Å². The first-order chi connectivity index (χ1) is 15.9. The minimum absolute atomic E-state index is 0.136. The highest BCUT2D eigenvalue weighted by molar-refractivity contribution is 7.13. The summed E-state index contributed by atoms with van der Waals surface area (Å²) in [6, 6.07) is 14.9. The van der Waals surface area contributed by atoms with Crippen molar-refractivity contribution >= 4 is 28.8 Å². The SMILES string of the molecule is COc1ccc(C)cc1NC(=O)CNC(=O)c1nc(-c2cccs2)n(-c2cccc(F)c2)n1. The second-order valence-corrected chi connectivity index (χ2v) is 8.01. The summed E-state index contributed by atoms with van der Waals surface area (Å²) in [6.45, 7) is 1.60. The molecule has 0 aliphatic carbocycles. The van der Waals surface area contributed by atoms with Gasteiger partial charge in [-0.05, 0) is 54.3 Å². The topological polar surface area (TPSA) is 98.1 Å². The van der Waals surface area contributed by atoms with E-state index in [0.29, 0.717) is 22.9 Å². The number of hydrogen-bond donors (Lipinski definition) is 2. The van der Waals surface area contributed by atoms with Gasteiger partial charge in [0.25, 0.3) is 5.91 Å². The van der Waals surface area contributed by atoms with Crippen molar-refractivity contribution in [2.24, 2.45) is 0 Å². The van der Waals surface area contributed by atoms with Crippen molar-refractivity contribution in [1.29, 1.82) is 0 Å². The van der Waals surface area contributed by atoms with Crippen LogP contribution in [0.4, 0.5) is 10.1 Å². The van der Waals surface area contributed by atoms with E-state index < -0.39 is 17.6 Å². The molecule has 4 aromatic rings. The molecule has 0 radical (unpaired) electrons. The van der Waals surface area contributed by atoms with Crippen molar-refractivity contribution in [2.75, 3.05) is 19.0 Å². The van der Waals surface area contributed by atoms with Gasteiger partial charge in [0.2, 0.25) is 11.7 Å². The highest BCUT2D eigenvalue weighted by Gasteiger charge is 2.20. The van der Waals surface area contributed by atoms with E-state index in [1.54, 1.807) is 24.3 Å². The molecule has 2 heterocycles. The number of ether oxygens (including phenoxy) is 1. The number of aromatic nitrogens is 3. The molecule has 2 amide bonds. The first kappa shape index (κ1) is 22.2. The van der Waals surface area contributed by atoms with E-state index >= 15 is 0 Å². The van der Waals surface area contributed by atoms with Crippen LogP contribution in [-0.4, -0.2) is 40.2 Å². The van der Waals surface area contributed by atoms with Crippen LogP contribution in [0.15, 0.2) is 60.0 Å². The van der Waals surface area contributed by atoms with Gasteiger partial charge in [-0.3, -0.25) is 9.59 Å². The molecular weight excluding hydrogens is 445 g/mol. The minimum atomic E-state index is -0.630. The van der Waals surface area contributed by atoms with Gasteiger partial charge in [-0.15, -0.1) is 16.4 Å². The standard InChI is InChI=1S/C23H20FN5O3S/c1-14-8-9-18(32-2)17(11-14)26-20(30)13-25-23(31)21-27-22(19-7-4-10-33-19)29(28-21)16-6-3-5-15(24)12-16/h3-12H,13H2,1-2H3,(H,25,31)(H,26,30). The molecule has 2 aromatic carbocycles. The lowest BCUT2D eigenvalue weighted by molar-refractivity contribution is -0.115. The molecule has 0 aliphatic rings. The Morgan fingerprint density at radius 3 is 2.73 bits per heavy atom. The molecule has 10 heteroatoms. The number of anilines is 1. The van der Waals surface area contributed by atoms with Crippen molar-refractivity contribution in [2.45, 2.75) is 6.92 Å². The number of nitrogens with zero attached hydrogens (tertiary/aromatic N) is 3. The Labute approximate surface area is 193 Å². The molecule has 0 fully saturated rings. The van der Waals surface area contributed by atoms with Crippen LogP contribution in [0, 0.1) is 12.7 Å². The lowest BCUT2D eigenvalue weighted by Gasteiger charge is -2.11. The van der Waals surface area contributed by atoms with Crippen molar-refractivity contribution in [3.05, 3.63) is 77.2 Å². The zero-order valence-corrected chi connectivity index (χ0v) is 18.6. The van der Waals surface area contributed by atoms with Crippen molar-refractivity contribution in [3.63, 3.8) is 0 Å². The van der Waals surface area contributed by atoms with Gasteiger partial charge in [0.1, 0.15) is 11.6 Å². The number of aryl methyl sites for hydroxylation is 1. The maximum Gasteiger partial charge on any atom is 0.291 e. The van der Waals surface area contributed by atoms with Crippen LogP contribution in [0.25, 0.3) is 16.4 Å². The van der Waals surface area contributed by atoms with Crippen molar-refractivity contribution < 1.29 is 18.7 Å². The van der Waals surface area contributed by atoms with Crippen LogP contribution in [-0.2, 0) is 4.79 Å². The lowest BCUT2D eigenvalue weighted by Crippen LogP contribution is -2.33. The number of rotatable bonds is 7. The van der Waals surface area contributed by atoms with Gasteiger partial charge in [-0.2, -0.15) is 0 Å². The number of hydrogen-bond acceptors (Lipinski definition) is 6. The van der Waals surface area contributed by atoms with Crippen LogP contribution >= 0.6 is 11.3 Å². The fraction of sp³-hybridized carbons (Fsp3) is 0.130. The number of benzene rings is 2. The molecule has 0 spiro atoms. The smallest absolute Gasteiger partial charge is 0.291 e. The average molecular weight is 466 g/mol. The molecular formula is C23H20FN5O3S.